The van der Waals surface area contributed by atoms with E-state index in [9.17, 15) is 0 Å². The predicted molar refractivity (Wildman–Crippen MR) is 40.0 cm³/mol. The third-order valence-corrected chi connectivity index (χ3v) is 1.83. The van der Waals surface area contributed by atoms with Crippen molar-refractivity contribution >= 4 is 15.9 Å². The zero-order valence-electron chi connectivity index (χ0n) is 4.73. The van der Waals surface area contributed by atoms with Gasteiger partial charge in [0.05, 0.1) is 0 Å². The van der Waals surface area contributed by atoms with Crippen LogP contribution in [0.1, 0.15) is 19.3 Å². The number of hydrogen-bond donors (Lipinski definition) is 0. The maximum atomic E-state index is 3.45. The average Bonchev–Trinajstić information content (AvgIpc) is 1.94. The lowest BCUT2D eigenvalue weighted by molar-refractivity contribution is 1.06. The molecular weight excluding hydrogens is 164 g/mol. The van der Waals surface area contributed by atoms with Crippen LogP contribution in [0.4, 0.5) is 0 Å². The maximum absolute atomic E-state index is 3.45. The highest BCUT2D eigenvalue weighted by Crippen LogP contribution is 2.15. The van der Waals surface area contributed by atoms with Crippen LogP contribution in [-0.4, -0.2) is 0 Å². The van der Waals surface area contributed by atoms with Gasteiger partial charge in [-0.15, -0.1) is 0 Å². The Hall–Kier alpha value is -0.0400. The Morgan fingerprint density at radius 2 is 2.12 bits per heavy atom. The van der Waals surface area contributed by atoms with Crippen LogP contribution in [0, 0.1) is 0 Å². The molecule has 8 heavy (non-hydrogen) atoms. The van der Waals surface area contributed by atoms with Gasteiger partial charge in [0, 0.05) is 0 Å². The minimum Gasteiger partial charge on any atom is -0.0879 e. The summed E-state index contributed by atoms with van der Waals surface area (Å²) in [5.41, 5.74) is 0. The molecule has 0 saturated heterocycles. The molecule has 0 aromatic rings. The molecule has 0 radical (unpaired) electrons. The van der Waals surface area contributed by atoms with Gasteiger partial charge >= 0.3 is 0 Å². The zero-order chi connectivity index (χ0) is 5.82. The Kier molecular flexibility index (Phi) is 2.34. The molecule has 1 heteroatoms. The largest absolute Gasteiger partial charge is 0.0879 e. The second kappa shape index (κ2) is 3.08. The number of hydrogen-bond acceptors (Lipinski definition) is 0. The third kappa shape index (κ3) is 1.83. The van der Waals surface area contributed by atoms with E-state index in [2.05, 4.69) is 34.2 Å². The van der Waals surface area contributed by atoms with Gasteiger partial charge in [0.1, 0.15) is 0 Å². The topological polar surface area (TPSA) is 0 Å². The summed E-state index contributed by atoms with van der Waals surface area (Å²) in [5.74, 6) is 0. The molecule has 0 aromatic heterocycles. The Balaban J connectivity index is 2.51. The molecule has 0 aliphatic heterocycles. The third-order valence-electron chi connectivity index (χ3n) is 1.18. The second-order valence-corrected chi connectivity index (χ2v) is 2.92. The van der Waals surface area contributed by atoms with Gasteiger partial charge in [-0.25, -0.2) is 0 Å². The van der Waals surface area contributed by atoms with Crippen molar-refractivity contribution in [3.63, 3.8) is 0 Å². The van der Waals surface area contributed by atoms with Crippen molar-refractivity contribution in [3.05, 3.63) is 22.7 Å². The van der Waals surface area contributed by atoms with Gasteiger partial charge in [-0.1, -0.05) is 34.2 Å². The first-order valence-corrected chi connectivity index (χ1v) is 3.68. The van der Waals surface area contributed by atoms with E-state index in [1.165, 1.54) is 17.3 Å². The average molecular weight is 173 g/mol. The fourth-order valence-electron chi connectivity index (χ4n) is 0.733. The van der Waals surface area contributed by atoms with Crippen LogP contribution in [-0.2, 0) is 0 Å². The molecule has 1 aliphatic rings. The number of allylic oxidation sites excluding steroid dienone is 4. The number of halogens is 1. The first-order valence-electron chi connectivity index (χ1n) is 2.89. The van der Waals surface area contributed by atoms with E-state index in [1.807, 2.05) is 0 Å². The highest BCUT2D eigenvalue weighted by atomic mass is 79.9. The summed E-state index contributed by atoms with van der Waals surface area (Å²) >= 11 is 3.45. The molecule has 0 saturated carbocycles. The standard InChI is InChI=1S/C7H9Br/c8-7-5-3-1-2-4-6-7/h1,3,6H,2,4-5H2. The van der Waals surface area contributed by atoms with E-state index in [1.54, 1.807) is 0 Å². The molecule has 0 heterocycles. The summed E-state index contributed by atoms with van der Waals surface area (Å²) in [7, 11) is 0. The van der Waals surface area contributed by atoms with Gasteiger partial charge in [0.2, 0.25) is 0 Å². The van der Waals surface area contributed by atoms with E-state index in [0.717, 1.165) is 6.42 Å². The first kappa shape index (κ1) is 6.09. The first-order chi connectivity index (χ1) is 3.89. The summed E-state index contributed by atoms with van der Waals surface area (Å²) in [5, 5.41) is 0. The number of rotatable bonds is 0. The highest BCUT2D eigenvalue weighted by molar-refractivity contribution is 9.11. The Morgan fingerprint density at radius 3 is 3.00 bits per heavy atom. The highest BCUT2D eigenvalue weighted by Gasteiger charge is 1.90. The van der Waals surface area contributed by atoms with E-state index in [-0.39, 0.29) is 0 Å². The van der Waals surface area contributed by atoms with Crippen LogP contribution in [0.2, 0.25) is 0 Å². The molecule has 0 amide bonds. The van der Waals surface area contributed by atoms with Crippen molar-refractivity contribution in [2.75, 3.05) is 0 Å². The summed E-state index contributed by atoms with van der Waals surface area (Å²) in [6.07, 6.45) is 10.1. The minimum atomic E-state index is 1.08. The summed E-state index contributed by atoms with van der Waals surface area (Å²) in [6.45, 7) is 0. The lowest BCUT2D eigenvalue weighted by atomic mass is 10.3. The van der Waals surface area contributed by atoms with Crippen molar-refractivity contribution < 1.29 is 0 Å². The molecule has 0 atom stereocenters. The molecule has 0 nitrogen and oxygen atoms in total. The molecule has 44 valence electrons. The van der Waals surface area contributed by atoms with Crippen LogP contribution in [0.15, 0.2) is 22.7 Å². The van der Waals surface area contributed by atoms with Gasteiger partial charge < -0.3 is 0 Å². The van der Waals surface area contributed by atoms with Crippen molar-refractivity contribution in [2.45, 2.75) is 19.3 Å². The van der Waals surface area contributed by atoms with Gasteiger partial charge in [0.25, 0.3) is 0 Å². The summed E-state index contributed by atoms with van der Waals surface area (Å²) < 4.78 is 1.33. The SMILES string of the molecule is BrC1=CCCC=CC1. The Bertz CT molecular complexity index is 122. The van der Waals surface area contributed by atoms with Crippen LogP contribution in [0.3, 0.4) is 0 Å². The smallest absolute Gasteiger partial charge is 0.00342 e. The predicted octanol–water partition coefficient (Wildman–Crippen LogP) is 3.01. The normalized spacial score (nSPS) is 19.9. The Morgan fingerprint density at radius 1 is 1.25 bits per heavy atom. The van der Waals surface area contributed by atoms with Crippen LogP contribution in [0.5, 0.6) is 0 Å². The van der Waals surface area contributed by atoms with Crippen molar-refractivity contribution in [1.82, 2.24) is 0 Å². The molecule has 0 spiro atoms. The van der Waals surface area contributed by atoms with Gasteiger partial charge in [0.15, 0.2) is 0 Å². The van der Waals surface area contributed by atoms with Crippen molar-refractivity contribution in [1.29, 1.82) is 0 Å². The molecule has 0 bridgehead atoms. The van der Waals surface area contributed by atoms with E-state index < -0.39 is 0 Å². The molecule has 1 rings (SSSR count). The molecular formula is C7H9Br. The molecule has 0 N–H and O–H groups in total. The maximum Gasteiger partial charge on any atom is -0.00342 e. The fraction of sp³-hybridized carbons (Fsp3) is 0.429. The lowest BCUT2D eigenvalue weighted by Crippen LogP contribution is -1.62. The van der Waals surface area contributed by atoms with E-state index in [0.29, 0.717) is 0 Å². The minimum absolute atomic E-state index is 1.08. The monoisotopic (exact) mass is 172 g/mol. The Labute approximate surface area is 58.4 Å². The lowest BCUT2D eigenvalue weighted by Gasteiger charge is -1.85. The van der Waals surface area contributed by atoms with Gasteiger partial charge in [-0.3, -0.25) is 0 Å². The van der Waals surface area contributed by atoms with Crippen LogP contribution >= 0.6 is 15.9 Å². The molecule has 1 aliphatic carbocycles. The second-order valence-electron chi connectivity index (χ2n) is 1.90. The van der Waals surface area contributed by atoms with Gasteiger partial charge in [-0.2, -0.15) is 0 Å². The fourth-order valence-corrected chi connectivity index (χ4v) is 1.15. The van der Waals surface area contributed by atoms with Crippen molar-refractivity contribution in [2.24, 2.45) is 0 Å². The molecule has 0 unspecified atom stereocenters. The summed E-state index contributed by atoms with van der Waals surface area (Å²) in [6, 6.07) is 0. The van der Waals surface area contributed by atoms with Crippen LogP contribution < -0.4 is 0 Å². The molecule has 0 fully saturated rings. The van der Waals surface area contributed by atoms with Crippen LogP contribution in [0.25, 0.3) is 0 Å². The van der Waals surface area contributed by atoms with E-state index >= 15 is 0 Å². The van der Waals surface area contributed by atoms with Crippen molar-refractivity contribution in [3.8, 4) is 0 Å². The summed E-state index contributed by atoms with van der Waals surface area (Å²) in [4.78, 5) is 0. The molecule has 0 aromatic carbocycles. The van der Waals surface area contributed by atoms with Gasteiger partial charge in [-0.05, 0) is 23.7 Å². The quantitative estimate of drug-likeness (QED) is 0.494. The zero-order valence-corrected chi connectivity index (χ0v) is 6.32. The van der Waals surface area contributed by atoms with E-state index in [4.69, 9.17) is 0 Å².